The molecule has 2 heterocycles. The first kappa shape index (κ1) is 11.9. The summed E-state index contributed by atoms with van der Waals surface area (Å²) < 4.78 is 51.0. The van der Waals surface area contributed by atoms with E-state index in [-0.39, 0.29) is 4.90 Å². The van der Waals surface area contributed by atoms with Gasteiger partial charge in [0.2, 0.25) is 0 Å². The van der Waals surface area contributed by atoms with Gasteiger partial charge in [-0.25, -0.2) is 0 Å². The highest BCUT2D eigenvalue weighted by atomic mass is 32.2. The molecule has 1 unspecified atom stereocenters. The second-order valence-corrected chi connectivity index (χ2v) is 5.76. The van der Waals surface area contributed by atoms with Crippen molar-refractivity contribution in [3.05, 3.63) is 30.0 Å². The number of hydrogen-bond acceptors (Lipinski definition) is 1. The van der Waals surface area contributed by atoms with Crippen LogP contribution in [0.5, 0.6) is 0 Å². The van der Waals surface area contributed by atoms with Gasteiger partial charge in [0.1, 0.15) is 11.2 Å². The van der Waals surface area contributed by atoms with E-state index in [9.17, 15) is 17.7 Å². The van der Waals surface area contributed by atoms with Gasteiger partial charge in [-0.05, 0) is 24.5 Å². The van der Waals surface area contributed by atoms with E-state index in [1.54, 1.807) is 16.7 Å². The molecule has 2 aromatic rings. The summed E-state index contributed by atoms with van der Waals surface area (Å²) in [6.07, 6.45) is 3.15. The Labute approximate surface area is 105 Å². The number of halogens is 3. The van der Waals surface area contributed by atoms with Crippen LogP contribution in [0, 0.1) is 0 Å². The Kier molecular flexibility index (Phi) is 2.60. The lowest BCUT2D eigenvalue weighted by Gasteiger charge is -2.14. The van der Waals surface area contributed by atoms with Crippen molar-refractivity contribution in [3.63, 3.8) is 0 Å². The summed E-state index contributed by atoms with van der Waals surface area (Å²) in [6.45, 7) is 0.683. The standard InChI is InChI=1S/C12H10F3NOS/c13-12(14,15)18(17)10-7-16-6-2-4-8-3-1-5-9(10)11(8)16/h1,3,5,7H,2,4,6H2. The fraction of sp³-hybridized carbons (Fsp3) is 0.333. The summed E-state index contributed by atoms with van der Waals surface area (Å²) in [5, 5.41) is 0.461. The maximum atomic E-state index is 12.6. The second kappa shape index (κ2) is 3.93. The normalized spacial score (nSPS) is 17.1. The maximum Gasteiger partial charge on any atom is 0.578 e. The van der Waals surface area contributed by atoms with Crippen LogP contribution < -0.4 is 0 Å². The van der Waals surface area contributed by atoms with Gasteiger partial charge in [-0.1, -0.05) is 12.1 Å². The molecule has 0 spiro atoms. The van der Waals surface area contributed by atoms with E-state index in [0.717, 1.165) is 23.9 Å². The van der Waals surface area contributed by atoms with E-state index in [0.29, 0.717) is 11.9 Å². The van der Waals surface area contributed by atoms with Crippen molar-refractivity contribution in [2.45, 2.75) is 29.8 Å². The summed E-state index contributed by atoms with van der Waals surface area (Å²) in [7, 11) is 0. The van der Waals surface area contributed by atoms with Gasteiger partial charge in [0.25, 0.3) is 0 Å². The van der Waals surface area contributed by atoms with Crippen LogP contribution in [-0.2, 0) is 24.1 Å². The summed E-state index contributed by atoms with van der Waals surface area (Å²) in [4.78, 5) is -0.124. The van der Waals surface area contributed by atoms with Crippen LogP contribution in [0.1, 0.15) is 12.0 Å². The molecular weight excluding hydrogens is 263 g/mol. The number of alkyl halides is 3. The zero-order valence-electron chi connectivity index (χ0n) is 9.33. The van der Waals surface area contributed by atoms with E-state index in [1.165, 1.54) is 6.20 Å². The Hall–Kier alpha value is -1.14. The Morgan fingerprint density at radius 1 is 1.28 bits per heavy atom. The van der Waals surface area contributed by atoms with Crippen LogP contribution >= 0.6 is 0 Å². The van der Waals surface area contributed by atoms with Gasteiger partial charge in [0, 0.05) is 6.54 Å². The predicted octanol–water partition coefficient (Wildman–Crippen LogP) is 3.21. The van der Waals surface area contributed by atoms with Crippen LogP contribution in [0.3, 0.4) is 0 Å². The van der Waals surface area contributed by atoms with Gasteiger partial charge in [-0.3, -0.25) is 0 Å². The molecule has 1 aromatic heterocycles. The Morgan fingerprint density at radius 3 is 2.78 bits per heavy atom. The lowest BCUT2D eigenvalue weighted by molar-refractivity contribution is -0.0434. The van der Waals surface area contributed by atoms with Gasteiger partial charge < -0.3 is 9.12 Å². The lowest BCUT2D eigenvalue weighted by atomic mass is 10.0. The molecule has 1 aliphatic rings. The fourth-order valence-electron chi connectivity index (χ4n) is 2.50. The lowest BCUT2D eigenvalue weighted by Crippen LogP contribution is -2.23. The number of aromatic nitrogens is 1. The Bertz CT molecular complexity index is 605. The topological polar surface area (TPSA) is 28.0 Å². The Morgan fingerprint density at radius 2 is 2.06 bits per heavy atom. The molecule has 1 atom stereocenters. The number of nitrogens with zero attached hydrogens (tertiary/aromatic N) is 1. The van der Waals surface area contributed by atoms with Crippen molar-refractivity contribution < 1.29 is 17.7 Å². The van der Waals surface area contributed by atoms with Crippen LogP contribution in [0.15, 0.2) is 29.3 Å². The minimum Gasteiger partial charge on any atom is -0.604 e. The number of para-hydroxylation sites is 1. The SMILES string of the molecule is [O-][S+](c1cn2c3c(cccc13)CCC2)C(F)(F)F. The third kappa shape index (κ3) is 1.71. The van der Waals surface area contributed by atoms with E-state index in [2.05, 4.69) is 0 Å². The third-order valence-corrected chi connectivity index (χ3v) is 4.35. The molecule has 0 N–H and O–H groups in total. The highest BCUT2D eigenvalue weighted by Crippen LogP contribution is 2.37. The minimum atomic E-state index is -4.71. The van der Waals surface area contributed by atoms with Crippen molar-refractivity contribution in [2.24, 2.45) is 0 Å². The molecule has 0 bridgehead atoms. The van der Waals surface area contributed by atoms with Gasteiger partial charge >= 0.3 is 5.51 Å². The van der Waals surface area contributed by atoms with Crippen LogP contribution in [-0.4, -0.2) is 14.6 Å². The zero-order valence-corrected chi connectivity index (χ0v) is 10.1. The van der Waals surface area contributed by atoms with Gasteiger partial charge in [-0.15, -0.1) is 13.2 Å². The molecule has 0 saturated carbocycles. The van der Waals surface area contributed by atoms with E-state index in [1.807, 2.05) is 6.07 Å². The highest BCUT2D eigenvalue weighted by molar-refractivity contribution is 7.92. The summed E-state index contributed by atoms with van der Waals surface area (Å²) in [6, 6.07) is 5.25. The van der Waals surface area contributed by atoms with Crippen molar-refractivity contribution >= 4 is 22.1 Å². The van der Waals surface area contributed by atoms with Crippen LogP contribution in [0.25, 0.3) is 10.9 Å². The quantitative estimate of drug-likeness (QED) is 0.733. The number of rotatable bonds is 1. The monoisotopic (exact) mass is 273 g/mol. The van der Waals surface area contributed by atoms with Crippen molar-refractivity contribution in [2.75, 3.05) is 0 Å². The molecule has 1 aromatic carbocycles. The first-order valence-corrected chi connectivity index (χ1v) is 6.73. The third-order valence-electron chi connectivity index (χ3n) is 3.20. The first-order valence-electron chi connectivity index (χ1n) is 5.58. The molecular formula is C12H10F3NOS. The number of hydrogen-bond donors (Lipinski definition) is 0. The Balaban J connectivity index is 2.24. The molecule has 96 valence electrons. The first-order chi connectivity index (χ1) is 8.48. The maximum absolute atomic E-state index is 12.6. The van der Waals surface area contributed by atoms with Crippen molar-refractivity contribution in [1.82, 2.24) is 4.57 Å². The van der Waals surface area contributed by atoms with Crippen molar-refractivity contribution in [3.8, 4) is 0 Å². The van der Waals surface area contributed by atoms with E-state index in [4.69, 9.17) is 0 Å². The zero-order chi connectivity index (χ0) is 12.9. The molecule has 0 fully saturated rings. The predicted molar refractivity (Wildman–Crippen MR) is 62.7 cm³/mol. The van der Waals surface area contributed by atoms with Gasteiger partial charge in [0.05, 0.1) is 17.1 Å². The molecule has 0 aliphatic carbocycles. The molecule has 18 heavy (non-hydrogen) atoms. The largest absolute Gasteiger partial charge is 0.604 e. The smallest absolute Gasteiger partial charge is 0.578 e. The van der Waals surface area contributed by atoms with Gasteiger partial charge in [0.15, 0.2) is 4.90 Å². The summed E-state index contributed by atoms with van der Waals surface area (Å²) in [5.74, 6) is 0. The molecule has 1 aliphatic heterocycles. The molecule has 0 radical (unpaired) electrons. The molecule has 3 rings (SSSR count). The number of benzene rings is 1. The van der Waals surface area contributed by atoms with Crippen LogP contribution in [0.2, 0.25) is 0 Å². The fourth-order valence-corrected chi connectivity index (χ4v) is 3.33. The van der Waals surface area contributed by atoms with E-state index < -0.39 is 16.7 Å². The minimum absolute atomic E-state index is 0.124. The highest BCUT2D eigenvalue weighted by Gasteiger charge is 2.47. The van der Waals surface area contributed by atoms with Crippen molar-refractivity contribution in [1.29, 1.82) is 0 Å². The molecule has 0 amide bonds. The summed E-state index contributed by atoms with van der Waals surface area (Å²) >= 11 is -2.96. The average molecular weight is 273 g/mol. The summed E-state index contributed by atoms with van der Waals surface area (Å²) in [5.41, 5.74) is -2.87. The molecule has 0 saturated heterocycles. The molecule has 2 nitrogen and oxygen atoms in total. The average Bonchev–Trinajstić information content (AvgIpc) is 2.69. The second-order valence-electron chi connectivity index (χ2n) is 4.32. The van der Waals surface area contributed by atoms with Crippen LogP contribution in [0.4, 0.5) is 13.2 Å². The van der Waals surface area contributed by atoms with Gasteiger partial charge in [-0.2, -0.15) is 0 Å². The molecule has 6 heteroatoms. The number of aryl methyl sites for hydroxylation is 2. The van der Waals surface area contributed by atoms with E-state index >= 15 is 0 Å².